The van der Waals surface area contributed by atoms with Crippen molar-refractivity contribution < 1.29 is 23.8 Å². The van der Waals surface area contributed by atoms with Crippen LogP contribution in [0.3, 0.4) is 0 Å². The molecule has 1 amide bonds. The van der Waals surface area contributed by atoms with E-state index < -0.39 is 6.04 Å². The maximum Gasteiger partial charge on any atom is 0.230 e. The van der Waals surface area contributed by atoms with Crippen LogP contribution in [-0.4, -0.2) is 33.0 Å². The summed E-state index contributed by atoms with van der Waals surface area (Å²) in [5.41, 5.74) is 4.74. The molecule has 39 heavy (non-hydrogen) atoms. The number of allylic oxidation sites excluding steroid dienone is 1. The van der Waals surface area contributed by atoms with Crippen LogP contribution >= 0.6 is 0 Å². The van der Waals surface area contributed by atoms with E-state index in [-0.39, 0.29) is 23.5 Å². The van der Waals surface area contributed by atoms with Crippen LogP contribution in [-0.2, 0) is 9.59 Å². The molecule has 1 aliphatic carbocycles. The predicted octanol–water partition coefficient (Wildman–Crippen LogP) is 6.27. The number of nitrogens with zero attached hydrogens (tertiary/aromatic N) is 1. The van der Waals surface area contributed by atoms with Gasteiger partial charge in [0.1, 0.15) is 0 Å². The number of carbonyl (C=O) groups is 2. The Labute approximate surface area is 229 Å². The molecule has 0 aromatic heterocycles. The number of carbonyl (C=O) groups excluding carboxylic acids is 2. The summed E-state index contributed by atoms with van der Waals surface area (Å²) in [6.07, 6.45) is 0.996. The van der Waals surface area contributed by atoms with Crippen molar-refractivity contribution in [2.45, 2.75) is 38.6 Å². The lowest BCUT2D eigenvalue weighted by molar-refractivity contribution is -0.121. The molecule has 1 aliphatic heterocycles. The first-order valence-corrected chi connectivity index (χ1v) is 13.2. The van der Waals surface area contributed by atoms with Crippen molar-refractivity contribution in [1.82, 2.24) is 0 Å². The highest BCUT2D eigenvalue weighted by Gasteiger charge is 2.42. The van der Waals surface area contributed by atoms with Crippen molar-refractivity contribution in [3.8, 4) is 17.2 Å². The van der Waals surface area contributed by atoms with Crippen LogP contribution in [0.2, 0.25) is 0 Å². The fourth-order valence-electron chi connectivity index (χ4n) is 5.65. The number of anilines is 2. The second kappa shape index (κ2) is 10.8. The fourth-order valence-corrected chi connectivity index (χ4v) is 5.65. The maximum absolute atomic E-state index is 14.1. The summed E-state index contributed by atoms with van der Waals surface area (Å²) in [6.45, 7) is 3.75. The van der Waals surface area contributed by atoms with Crippen molar-refractivity contribution in [2.75, 3.05) is 31.5 Å². The summed E-state index contributed by atoms with van der Waals surface area (Å²) in [6, 6.07) is 20.8. The normalized spacial score (nSPS) is 18.6. The Morgan fingerprint density at radius 3 is 2.13 bits per heavy atom. The van der Waals surface area contributed by atoms with Crippen molar-refractivity contribution in [1.29, 1.82) is 0 Å². The lowest BCUT2D eigenvalue weighted by atomic mass is 9.78. The van der Waals surface area contributed by atoms with E-state index in [2.05, 4.69) is 17.4 Å². The van der Waals surface area contributed by atoms with Gasteiger partial charge in [0.15, 0.2) is 17.3 Å². The molecule has 202 valence electrons. The molecule has 1 N–H and O–H groups in total. The van der Waals surface area contributed by atoms with E-state index in [9.17, 15) is 9.59 Å². The van der Waals surface area contributed by atoms with Gasteiger partial charge < -0.3 is 19.5 Å². The number of benzene rings is 3. The fraction of sp³-hybridized carbons (Fsp3) is 0.312. The number of nitrogens with one attached hydrogen (secondary N) is 1. The first-order valence-electron chi connectivity index (χ1n) is 13.2. The number of Topliss-reactive ketones (excluding diaryl/α,β-unsaturated/α-hetero) is 1. The molecular weight excluding hydrogens is 492 g/mol. The molecule has 2 atom stereocenters. The van der Waals surface area contributed by atoms with Gasteiger partial charge in [0, 0.05) is 23.6 Å². The summed E-state index contributed by atoms with van der Waals surface area (Å²) >= 11 is 0. The lowest BCUT2D eigenvalue weighted by Gasteiger charge is -2.36. The molecule has 1 heterocycles. The molecule has 0 bridgehead atoms. The first-order chi connectivity index (χ1) is 18.9. The Balaban J connectivity index is 1.78. The predicted molar refractivity (Wildman–Crippen MR) is 152 cm³/mol. The second-order valence-electron chi connectivity index (χ2n) is 10.2. The molecule has 7 nitrogen and oxygen atoms in total. The summed E-state index contributed by atoms with van der Waals surface area (Å²) in [7, 11) is 4.67. The molecular formula is C32H34N2O5. The van der Waals surface area contributed by atoms with E-state index in [1.54, 1.807) is 26.2 Å². The smallest absolute Gasteiger partial charge is 0.230 e. The minimum atomic E-state index is -0.691. The minimum absolute atomic E-state index is 0.00529. The Morgan fingerprint density at radius 1 is 0.872 bits per heavy atom. The highest BCUT2D eigenvalue weighted by atomic mass is 16.5. The monoisotopic (exact) mass is 526 g/mol. The Morgan fingerprint density at radius 2 is 1.51 bits per heavy atom. The van der Waals surface area contributed by atoms with E-state index in [0.717, 1.165) is 16.9 Å². The number of hydrogen-bond acceptors (Lipinski definition) is 6. The molecule has 2 aliphatic rings. The van der Waals surface area contributed by atoms with E-state index >= 15 is 0 Å². The van der Waals surface area contributed by atoms with Crippen LogP contribution in [0.4, 0.5) is 11.4 Å². The zero-order valence-corrected chi connectivity index (χ0v) is 23.0. The summed E-state index contributed by atoms with van der Waals surface area (Å²) < 4.78 is 16.9. The average molecular weight is 527 g/mol. The van der Waals surface area contributed by atoms with E-state index in [0.29, 0.717) is 46.9 Å². The number of para-hydroxylation sites is 2. The van der Waals surface area contributed by atoms with Gasteiger partial charge in [0.05, 0.1) is 38.7 Å². The molecule has 0 fully saturated rings. The maximum atomic E-state index is 14.1. The molecule has 3 aromatic rings. The van der Waals surface area contributed by atoms with Crippen LogP contribution in [0, 0.1) is 5.92 Å². The Kier molecular flexibility index (Phi) is 7.33. The van der Waals surface area contributed by atoms with Crippen molar-refractivity contribution in [3.05, 3.63) is 89.1 Å². The van der Waals surface area contributed by atoms with Gasteiger partial charge in [0.2, 0.25) is 11.7 Å². The molecule has 0 radical (unpaired) electrons. The average Bonchev–Trinajstić information content (AvgIpc) is 3.10. The standard InChI is InChI=1S/C32H34N2O5/c1-19(2)32(36)34-25-14-10-9-13-23(25)33-24-15-21(20-11-7-6-8-12-20)16-26(35)29(24)30(34)22-17-27(37-3)31(39-5)28(18-22)38-4/h6-14,17-19,21,30,33H,15-16H2,1-5H3/t21-,30+/m1/s1. The number of amides is 1. The van der Waals surface area contributed by atoms with Crippen LogP contribution in [0.15, 0.2) is 78.0 Å². The number of rotatable bonds is 6. The summed E-state index contributed by atoms with van der Waals surface area (Å²) in [5.74, 6) is 1.01. The topological polar surface area (TPSA) is 77.1 Å². The van der Waals surface area contributed by atoms with Crippen molar-refractivity contribution in [3.63, 3.8) is 0 Å². The van der Waals surface area contributed by atoms with Gasteiger partial charge in [-0.2, -0.15) is 0 Å². The third-order valence-electron chi connectivity index (χ3n) is 7.49. The number of fused-ring (bicyclic) bond motifs is 1. The number of hydrogen-bond donors (Lipinski definition) is 1. The zero-order valence-electron chi connectivity index (χ0n) is 23.0. The molecule has 5 rings (SSSR count). The number of ketones is 1. The van der Waals surface area contributed by atoms with E-state index in [1.165, 1.54) is 0 Å². The van der Waals surface area contributed by atoms with Gasteiger partial charge in [-0.15, -0.1) is 0 Å². The molecule has 0 saturated carbocycles. The molecule has 0 saturated heterocycles. The van der Waals surface area contributed by atoms with Gasteiger partial charge in [-0.05, 0) is 47.7 Å². The third-order valence-corrected chi connectivity index (χ3v) is 7.49. The van der Waals surface area contributed by atoms with Crippen LogP contribution in [0.25, 0.3) is 0 Å². The zero-order chi connectivity index (χ0) is 27.7. The highest BCUT2D eigenvalue weighted by molar-refractivity contribution is 6.07. The lowest BCUT2D eigenvalue weighted by Crippen LogP contribution is -2.40. The van der Waals surface area contributed by atoms with Gasteiger partial charge >= 0.3 is 0 Å². The van der Waals surface area contributed by atoms with Crippen LogP contribution in [0.1, 0.15) is 49.8 Å². The first kappa shape index (κ1) is 26.4. The number of ether oxygens (including phenoxy) is 3. The van der Waals surface area contributed by atoms with Gasteiger partial charge in [-0.3, -0.25) is 14.5 Å². The van der Waals surface area contributed by atoms with Crippen molar-refractivity contribution >= 4 is 23.1 Å². The molecule has 3 aromatic carbocycles. The van der Waals surface area contributed by atoms with Gasteiger partial charge in [-0.1, -0.05) is 56.3 Å². The number of methoxy groups -OCH3 is 3. The van der Waals surface area contributed by atoms with Crippen molar-refractivity contribution in [2.24, 2.45) is 5.92 Å². The molecule has 0 spiro atoms. The third kappa shape index (κ3) is 4.73. The SMILES string of the molecule is COc1cc([C@H]2C3=C(C[C@@H](c4ccccc4)CC3=O)Nc3ccccc3N2C(=O)C(C)C)cc(OC)c1OC. The van der Waals surface area contributed by atoms with Gasteiger partial charge in [0.25, 0.3) is 0 Å². The largest absolute Gasteiger partial charge is 0.493 e. The molecule has 0 unspecified atom stereocenters. The van der Waals surface area contributed by atoms with Crippen LogP contribution < -0.4 is 24.4 Å². The van der Waals surface area contributed by atoms with E-state index in [1.807, 2.05) is 68.4 Å². The quantitative estimate of drug-likeness (QED) is 0.408. The minimum Gasteiger partial charge on any atom is -0.493 e. The second-order valence-corrected chi connectivity index (χ2v) is 10.2. The van der Waals surface area contributed by atoms with Crippen LogP contribution in [0.5, 0.6) is 17.2 Å². The Hall–Kier alpha value is -4.26. The summed E-state index contributed by atoms with van der Waals surface area (Å²) in [5, 5.41) is 3.57. The van der Waals surface area contributed by atoms with Gasteiger partial charge in [-0.25, -0.2) is 0 Å². The van der Waals surface area contributed by atoms with E-state index in [4.69, 9.17) is 14.2 Å². The highest BCUT2D eigenvalue weighted by Crippen LogP contribution is 2.50. The Bertz CT molecular complexity index is 1400. The molecule has 7 heteroatoms. The summed E-state index contributed by atoms with van der Waals surface area (Å²) in [4.78, 5) is 29.9.